The highest BCUT2D eigenvalue weighted by atomic mass is 19.4. The van der Waals surface area contributed by atoms with Crippen LogP contribution in [0, 0.1) is 6.92 Å². The number of nitrogens with zero attached hydrogens (tertiary/aromatic N) is 4. The van der Waals surface area contributed by atoms with Gasteiger partial charge in [0.25, 0.3) is 5.91 Å². The van der Waals surface area contributed by atoms with Gasteiger partial charge in [-0.2, -0.15) is 13.2 Å². The van der Waals surface area contributed by atoms with Crippen LogP contribution in [0.2, 0.25) is 0 Å². The Kier molecular flexibility index (Phi) is 7.16. The number of hydrogen-bond donors (Lipinski definition) is 1. The van der Waals surface area contributed by atoms with Crippen LogP contribution < -0.4 is 5.73 Å². The summed E-state index contributed by atoms with van der Waals surface area (Å²) in [6, 6.07) is 13.8. The van der Waals surface area contributed by atoms with Crippen molar-refractivity contribution in [1.82, 2.24) is 19.9 Å². The van der Waals surface area contributed by atoms with E-state index >= 15 is 0 Å². The van der Waals surface area contributed by atoms with Gasteiger partial charge in [-0.05, 0) is 61.0 Å². The monoisotopic (exact) mass is 495 g/mol. The number of methoxy groups -OCH3 is 1. The van der Waals surface area contributed by atoms with Crippen molar-refractivity contribution in [2.75, 3.05) is 19.5 Å². The second-order valence-electron chi connectivity index (χ2n) is 8.29. The first-order chi connectivity index (χ1) is 17.2. The van der Waals surface area contributed by atoms with E-state index in [0.717, 1.165) is 23.2 Å². The highest BCUT2D eigenvalue weighted by Gasteiger charge is 2.32. The van der Waals surface area contributed by atoms with E-state index in [-0.39, 0.29) is 19.1 Å². The molecular weight excluding hydrogens is 471 g/mol. The minimum Gasteiger partial charge on any atom is -0.383 e. The summed E-state index contributed by atoms with van der Waals surface area (Å²) in [6.07, 6.45) is -2.14. The molecule has 3 heterocycles. The van der Waals surface area contributed by atoms with Crippen LogP contribution in [-0.4, -0.2) is 39.5 Å². The number of rotatable bonds is 7. The van der Waals surface area contributed by atoms with Crippen molar-refractivity contribution in [2.24, 2.45) is 0 Å². The number of amides is 1. The van der Waals surface area contributed by atoms with Crippen molar-refractivity contribution in [3.63, 3.8) is 0 Å². The first-order valence-electron chi connectivity index (χ1n) is 11.1. The molecule has 36 heavy (non-hydrogen) atoms. The summed E-state index contributed by atoms with van der Waals surface area (Å²) < 4.78 is 44.5. The lowest BCUT2D eigenvalue weighted by Crippen LogP contribution is -2.37. The smallest absolute Gasteiger partial charge is 0.383 e. The lowest BCUT2D eigenvalue weighted by molar-refractivity contribution is -0.137. The molecule has 0 saturated carbocycles. The molecule has 0 saturated heterocycles. The highest BCUT2D eigenvalue weighted by Crippen LogP contribution is 2.30. The topological polar surface area (TPSA) is 94.2 Å². The average Bonchev–Trinajstić information content (AvgIpc) is 2.86. The van der Waals surface area contributed by atoms with Gasteiger partial charge in [0.1, 0.15) is 5.82 Å². The first-order valence-corrected chi connectivity index (χ1v) is 11.1. The minimum atomic E-state index is -4.51. The number of nitrogen functional groups attached to an aromatic ring is 1. The number of alkyl halides is 3. The summed E-state index contributed by atoms with van der Waals surface area (Å²) >= 11 is 0. The Morgan fingerprint density at radius 2 is 1.92 bits per heavy atom. The van der Waals surface area contributed by atoms with Crippen molar-refractivity contribution < 1.29 is 22.7 Å². The van der Waals surface area contributed by atoms with Crippen molar-refractivity contribution in [3.05, 3.63) is 95.1 Å². The minimum absolute atomic E-state index is 0.0569. The summed E-state index contributed by atoms with van der Waals surface area (Å²) in [5, 5.41) is 0.737. The molecule has 0 spiro atoms. The zero-order valence-corrected chi connectivity index (χ0v) is 19.7. The molecule has 7 nitrogen and oxygen atoms in total. The lowest BCUT2D eigenvalue weighted by atomic mass is 10.1. The molecule has 4 rings (SSSR count). The Morgan fingerprint density at radius 1 is 1.11 bits per heavy atom. The van der Waals surface area contributed by atoms with E-state index in [2.05, 4.69) is 15.0 Å². The van der Waals surface area contributed by atoms with E-state index in [0.29, 0.717) is 28.3 Å². The molecule has 0 aliphatic rings. The quantitative estimate of drug-likeness (QED) is 0.389. The Morgan fingerprint density at radius 3 is 2.56 bits per heavy atom. The van der Waals surface area contributed by atoms with Crippen molar-refractivity contribution >= 4 is 22.6 Å². The molecule has 1 atom stereocenters. The molecule has 0 aliphatic carbocycles. The van der Waals surface area contributed by atoms with Crippen LogP contribution in [-0.2, 0) is 17.5 Å². The third-order valence-electron chi connectivity index (χ3n) is 5.77. The molecule has 186 valence electrons. The summed E-state index contributed by atoms with van der Waals surface area (Å²) in [4.78, 5) is 28.1. The fourth-order valence-electron chi connectivity index (χ4n) is 3.85. The predicted octanol–water partition coefficient (Wildman–Crippen LogP) is 4.96. The normalized spacial score (nSPS) is 12.5. The number of hydrogen-bond acceptors (Lipinski definition) is 6. The van der Waals surface area contributed by atoms with Gasteiger partial charge in [0.2, 0.25) is 0 Å². The number of anilines is 1. The maximum Gasteiger partial charge on any atom is 0.417 e. The predicted molar refractivity (Wildman–Crippen MR) is 129 cm³/mol. The van der Waals surface area contributed by atoms with Crippen LogP contribution >= 0.6 is 0 Å². The molecule has 1 amide bonds. The molecule has 3 aromatic heterocycles. The number of fused-ring (bicyclic) bond motifs is 1. The second kappa shape index (κ2) is 10.3. The van der Waals surface area contributed by atoms with Gasteiger partial charge in [-0.1, -0.05) is 6.07 Å². The fraction of sp³-hybridized carbons (Fsp3) is 0.231. The molecule has 0 radical (unpaired) electrons. The van der Waals surface area contributed by atoms with Crippen LogP contribution in [0.4, 0.5) is 19.0 Å². The van der Waals surface area contributed by atoms with Gasteiger partial charge in [-0.25, -0.2) is 4.98 Å². The molecule has 0 aliphatic heterocycles. The van der Waals surface area contributed by atoms with Crippen LogP contribution in [0.1, 0.15) is 38.9 Å². The maximum atomic E-state index is 13.9. The second-order valence-corrected chi connectivity index (χ2v) is 8.29. The molecule has 4 aromatic rings. The van der Waals surface area contributed by atoms with Crippen LogP contribution in [0.15, 0.2) is 67.0 Å². The van der Waals surface area contributed by atoms with Gasteiger partial charge in [0.15, 0.2) is 0 Å². The Bertz CT molecular complexity index is 1360. The van der Waals surface area contributed by atoms with Crippen LogP contribution in [0.5, 0.6) is 0 Å². The largest absolute Gasteiger partial charge is 0.417 e. The van der Waals surface area contributed by atoms with E-state index in [4.69, 9.17) is 10.5 Å². The number of aromatic nitrogens is 3. The van der Waals surface area contributed by atoms with E-state index in [9.17, 15) is 18.0 Å². The number of pyridine rings is 3. The molecule has 2 N–H and O–H groups in total. The average molecular weight is 496 g/mol. The van der Waals surface area contributed by atoms with Crippen molar-refractivity contribution in [3.8, 4) is 0 Å². The molecule has 0 bridgehead atoms. The van der Waals surface area contributed by atoms with Crippen molar-refractivity contribution in [1.29, 1.82) is 0 Å². The summed E-state index contributed by atoms with van der Waals surface area (Å²) in [7, 11) is 1.50. The molecule has 1 aromatic carbocycles. The SMILES string of the molecule is COC[C@@H](c1ccccn1)N(Cc1ccc(C(F)(F)F)cn1)C(=O)c1ccc2nc(N)c(C)cc2c1. The Hall–Kier alpha value is -4.05. The highest BCUT2D eigenvalue weighted by molar-refractivity contribution is 5.98. The number of halogens is 3. The number of carbonyl (C=O) groups is 1. The van der Waals surface area contributed by atoms with Gasteiger partial charge >= 0.3 is 6.18 Å². The summed E-state index contributed by atoms with van der Waals surface area (Å²) in [5.41, 5.74) is 7.71. The van der Waals surface area contributed by atoms with Gasteiger partial charge < -0.3 is 15.4 Å². The zero-order valence-electron chi connectivity index (χ0n) is 19.7. The summed E-state index contributed by atoms with van der Waals surface area (Å²) in [5.74, 6) is 0.0488. The fourth-order valence-corrected chi connectivity index (χ4v) is 3.85. The molecular formula is C26H24F3N5O2. The summed E-state index contributed by atoms with van der Waals surface area (Å²) in [6.45, 7) is 1.89. The maximum absolute atomic E-state index is 13.9. The van der Waals surface area contributed by atoms with Gasteiger partial charge in [-0.3, -0.25) is 14.8 Å². The van der Waals surface area contributed by atoms with Gasteiger partial charge in [0, 0.05) is 30.5 Å². The molecule has 0 fully saturated rings. The van der Waals surface area contributed by atoms with E-state index in [1.165, 1.54) is 18.1 Å². The van der Waals surface area contributed by atoms with Gasteiger partial charge in [0.05, 0.1) is 41.7 Å². The van der Waals surface area contributed by atoms with Crippen LogP contribution in [0.25, 0.3) is 10.9 Å². The van der Waals surface area contributed by atoms with E-state index in [1.54, 1.807) is 42.6 Å². The molecule has 0 unspecified atom stereocenters. The number of ether oxygens (including phenoxy) is 1. The van der Waals surface area contributed by atoms with Gasteiger partial charge in [-0.15, -0.1) is 0 Å². The number of nitrogens with two attached hydrogens (primary N) is 1. The Balaban J connectivity index is 1.75. The van der Waals surface area contributed by atoms with E-state index < -0.39 is 17.8 Å². The van der Waals surface area contributed by atoms with Crippen LogP contribution in [0.3, 0.4) is 0 Å². The Labute approximate surface area is 205 Å². The van der Waals surface area contributed by atoms with Crippen molar-refractivity contribution in [2.45, 2.75) is 25.7 Å². The van der Waals surface area contributed by atoms with E-state index in [1.807, 2.05) is 13.0 Å². The zero-order chi connectivity index (χ0) is 25.9. The number of carbonyl (C=O) groups excluding carboxylic acids is 1. The third kappa shape index (κ3) is 5.44. The number of aryl methyl sites for hydroxylation is 1. The lowest BCUT2D eigenvalue weighted by Gasteiger charge is -2.31. The first kappa shape index (κ1) is 25.1. The standard InChI is InChI=1S/C26H24F3N5O2/c1-16-11-18-12-17(6-9-21(18)33-24(16)30)25(35)34(23(15-36-2)22-5-3-4-10-31-22)14-20-8-7-19(13-32-20)26(27,28)29/h3-13,23H,14-15H2,1-2H3,(H2,30,33)/t23-/m0/s1. The number of benzene rings is 1. The third-order valence-corrected chi connectivity index (χ3v) is 5.77. The molecule has 10 heteroatoms.